The van der Waals surface area contributed by atoms with E-state index in [4.69, 9.17) is 14.6 Å². The van der Waals surface area contributed by atoms with E-state index in [1.54, 1.807) is 25.1 Å². The molecule has 0 bridgehead atoms. The summed E-state index contributed by atoms with van der Waals surface area (Å²) in [6.07, 6.45) is 0. The summed E-state index contributed by atoms with van der Waals surface area (Å²) in [5.74, 6) is 1.26. The van der Waals surface area contributed by atoms with Gasteiger partial charge in [-0.05, 0) is 19.1 Å². The number of ether oxygens (including phenoxy) is 2. The van der Waals surface area contributed by atoms with Crippen LogP contribution in [0.2, 0.25) is 0 Å². The standard InChI is InChI=1S/C14H23NO5S/c1-4-21(17,18)10-11(2)15-12-5-6-13(19-3)14(9-12)20-8-7-16/h5-6,9,11,15-16H,4,7-8,10H2,1-3H3. The highest BCUT2D eigenvalue weighted by Crippen LogP contribution is 2.30. The maximum atomic E-state index is 11.6. The van der Waals surface area contributed by atoms with E-state index in [1.807, 2.05) is 6.92 Å². The van der Waals surface area contributed by atoms with E-state index in [-0.39, 0.29) is 30.8 Å². The molecule has 1 unspecified atom stereocenters. The number of nitrogens with one attached hydrogen (secondary N) is 1. The minimum atomic E-state index is -3.03. The number of hydrogen-bond acceptors (Lipinski definition) is 6. The number of aliphatic hydroxyl groups is 1. The highest BCUT2D eigenvalue weighted by atomic mass is 32.2. The first-order valence-corrected chi connectivity index (χ1v) is 8.62. The van der Waals surface area contributed by atoms with Crippen molar-refractivity contribution in [3.63, 3.8) is 0 Å². The van der Waals surface area contributed by atoms with Crippen LogP contribution in [0, 0.1) is 0 Å². The lowest BCUT2D eigenvalue weighted by atomic mass is 10.2. The lowest BCUT2D eigenvalue weighted by Crippen LogP contribution is -2.26. The van der Waals surface area contributed by atoms with E-state index >= 15 is 0 Å². The van der Waals surface area contributed by atoms with Gasteiger partial charge in [-0.1, -0.05) is 6.92 Å². The number of rotatable bonds is 9. The van der Waals surface area contributed by atoms with Gasteiger partial charge in [-0.2, -0.15) is 0 Å². The molecule has 0 aliphatic heterocycles. The van der Waals surface area contributed by atoms with Gasteiger partial charge < -0.3 is 19.9 Å². The fourth-order valence-corrected chi connectivity index (χ4v) is 2.94. The van der Waals surface area contributed by atoms with E-state index in [9.17, 15) is 8.42 Å². The van der Waals surface area contributed by atoms with Crippen LogP contribution in [0.15, 0.2) is 18.2 Å². The normalized spacial score (nSPS) is 12.8. The van der Waals surface area contributed by atoms with Crippen LogP contribution in [-0.4, -0.2) is 51.4 Å². The Morgan fingerprint density at radius 1 is 1.33 bits per heavy atom. The second-order valence-electron chi connectivity index (χ2n) is 4.68. The number of methoxy groups -OCH3 is 1. The van der Waals surface area contributed by atoms with Crippen molar-refractivity contribution in [3.05, 3.63) is 18.2 Å². The first-order chi connectivity index (χ1) is 9.91. The van der Waals surface area contributed by atoms with Crippen molar-refractivity contribution in [1.29, 1.82) is 0 Å². The average Bonchev–Trinajstić information content (AvgIpc) is 2.44. The number of benzene rings is 1. The van der Waals surface area contributed by atoms with Crippen molar-refractivity contribution in [2.75, 3.05) is 37.1 Å². The van der Waals surface area contributed by atoms with E-state index in [0.29, 0.717) is 11.5 Å². The molecule has 0 aliphatic carbocycles. The van der Waals surface area contributed by atoms with Crippen molar-refractivity contribution < 1.29 is 23.0 Å². The molecule has 1 aromatic rings. The van der Waals surface area contributed by atoms with Crippen LogP contribution >= 0.6 is 0 Å². The third kappa shape index (κ3) is 5.81. The van der Waals surface area contributed by atoms with Crippen LogP contribution in [0.4, 0.5) is 5.69 Å². The van der Waals surface area contributed by atoms with E-state index in [0.717, 1.165) is 5.69 Å². The van der Waals surface area contributed by atoms with Gasteiger partial charge in [0, 0.05) is 23.5 Å². The summed E-state index contributed by atoms with van der Waals surface area (Å²) in [6, 6.07) is 5.04. The minimum Gasteiger partial charge on any atom is -0.493 e. The fraction of sp³-hybridized carbons (Fsp3) is 0.571. The summed E-state index contributed by atoms with van der Waals surface area (Å²) in [5, 5.41) is 11.9. The number of aliphatic hydroxyl groups excluding tert-OH is 1. The highest BCUT2D eigenvalue weighted by molar-refractivity contribution is 7.91. The topological polar surface area (TPSA) is 84.9 Å². The van der Waals surface area contributed by atoms with Gasteiger partial charge in [0.1, 0.15) is 6.61 Å². The second kappa shape index (κ2) is 8.09. The summed E-state index contributed by atoms with van der Waals surface area (Å²) in [7, 11) is -1.50. The summed E-state index contributed by atoms with van der Waals surface area (Å²) in [4.78, 5) is 0. The molecule has 0 saturated carbocycles. The molecule has 1 atom stereocenters. The van der Waals surface area contributed by atoms with Gasteiger partial charge in [-0.15, -0.1) is 0 Å². The molecule has 0 spiro atoms. The molecule has 0 aliphatic rings. The summed E-state index contributed by atoms with van der Waals surface area (Å²) >= 11 is 0. The SMILES string of the molecule is CCS(=O)(=O)CC(C)Nc1ccc(OC)c(OCCO)c1. The zero-order chi connectivity index (χ0) is 15.9. The van der Waals surface area contributed by atoms with Crippen molar-refractivity contribution >= 4 is 15.5 Å². The lowest BCUT2D eigenvalue weighted by molar-refractivity contribution is 0.196. The molecule has 7 heteroatoms. The molecule has 2 N–H and O–H groups in total. The van der Waals surface area contributed by atoms with Gasteiger partial charge in [0.25, 0.3) is 0 Å². The Kier molecular flexibility index (Phi) is 6.77. The van der Waals surface area contributed by atoms with Gasteiger partial charge >= 0.3 is 0 Å². The largest absolute Gasteiger partial charge is 0.493 e. The van der Waals surface area contributed by atoms with Crippen molar-refractivity contribution in [3.8, 4) is 11.5 Å². The van der Waals surface area contributed by atoms with E-state index in [1.165, 1.54) is 7.11 Å². The average molecular weight is 317 g/mol. The first kappa shape index (κ1) is 17.6. The van der Waals surface area contributed by atoms with Gasteiger partial charge in [0.15, 0.2) is 21.3 Å². The summed E-state index contributed by atoms with van der Waals surface area (Å²) < 4.78 is 33.8. The van der Waals surface area contributed by atoms with Crippen LogP contribution < -0.4 is 14.8 Å². The predicted octanol–water partition coefficient (Wildman–Crippen LogP) is 1.30. The monoisotopic (exact) mass is 317 g/mol. The van der Waals surface area contributed by atoms with Gasteiger partial charge in [0.2, 0.25) is 0 Å². The van der Waals surface area contributed by atoms with Crippen LogP contribution in [-0.2, 0) is 9.84 Å². The smallest absolute Gasteiger partial charge is 0.163 e. The van der Waals surface area contributed by atoms with Gasteiger partial charge in [-0.3, -0.25) is 0 Å². The molecule has 0 saturated heterocycles. The Bertz CT molecular complexity index is 544. The number of anilines is 1. The molecule has 1 aromatic carbocycles. The van der Waals surface area contributed by atoms with E-state index < -0.39 is 9.84 Å². The quantitative estimate of drug-likeness (QED) is 0.714. The first-order valence-electron chi connectivity index (χ1n) is 6.80. The molecular formula is C14H23NO5S. The zero-order valence-electron chi connectivity index (χ0n) is 12.6. The lowest BCUT2D eigenvalue weighted by Gasteiger charge is -2.17. The second-order valence-corrected chi connectivity index (χ2v) is 7.08. The molecule has 6 nitrogen and oxygen atoms in total. The zero-order valence-corrected chi connectivity index (χ0v) is 13.4. The fourth-order valence-electron chi connectivity index (χ4n) is 1.86. The van der Waals surface area contributed by atoms with Gasteiger partial charge in [-0.25, -0.2) is 8.42 Å². The molecule has 0 radical (unpaired) electrons. The molecular weight excluding hydrogens is 294 g/mol. The van der Waals surface area contributed by atoms with Crippen molar-refractivity contribution in [1.82, 2.24) is 0 Å². The third-order valence-corrected chi connectivity index (χ3v) is 4.76. The van der Waals surface area contributed by atoms with Crippen LogP contribution in [0.25, 0.3) is 0 Å². The Labute approximate surface area is 126 Å². The van der Waals surface area contributed by atoms with Crippen molar-refractivity contribution in [2.45, 2.75) is 19.9 Å². The molecule has 0 heterocycles. The van der Waals surface area contributed by atoms with Crippen LogP contribution in [0.3, 0.4) is 0 Å². The Hall–Kier alpha value is -1.47. The molecule has 0 aromatic heterocycles. The Balaban J connectivity index is 2.79. The van der Waals surface area contributed by atoms with Crippen molar-refractivity contribution in [2.24, 2.45) is 0 Å². The number of sulfone groups is 1. The predicted molar refractivity (Wildman–Crippen MR) is 83.0 cm³/mol. The molecule has 21 heavy (non-hydrogen) atoms. The molecule has 120 valence electrons. The molecule has 0 fully saturated rings. The maximum absolute atomic E-state index is 11.6. The summed E-state index contributed by atoms with van der Waals surface area (Å²) in [5.41, 5.74) is 0.738. The van der Waals surface area contributed by atoms with E-state index in [2.05, 4.69) is 5.32 Å². The summed E-state index contributed by atoms with van der Waals surface area (Å²) in [6.45, 7) is 3.52. The van der Waals surface area contributed by atoms with Gasteiger partial charge in [0.05, 0.1) is 19.5 Å². The molecule has 0 amide bonds. The van der Waals surface area contributed by atoms with Crippen LogP contribution in [0.1, 0.15) is 13.8 Å². The minimum absolute atomic E-state index is 0.0718. The highest BCUT2D eigenvalue weighted by Gasteiger charge is 2.14. The third-order valence-electron chi connectivity index (χ3n) is 2.87. The maximum Gasteiger partial charge on any atom is 0.163 e. The number of hydrogen-bond donors (Lipinski definition) is 2. The Morgan fingerprint density at radius 2 is 2.05 bits per heavy atom. The van der Waals surface area contributed by atoms with Crippen LogP contribution in [0.5, 0.6) is 11.5 Å². The Morgan fingerprint density at radius 3 is 2.62 bits per heavy atom. The molecule has 1 rings (SSSR count).